The number of nitrogens with one attached hydrogen (secondary N) is 1. The number of imidazole rings is 1. The number of benzene rings is 1. The summed E-state index contributed by atoms with van der Waals surface area (Å²) in [6.07, 6.45) is 6.77. The summed E-state index contributed by atoms with van der Waals surface area (Å²) in [5, 5.41) is 16.7. The number of aromatic nitrogens is 9. The SMILES string of the molecule is Cn1ncnc1-c1ccc2nc(-c3cccnc3N)n(-c3ccc(CN4CCC(Nc5ccnc(C#N)n5)CC4)cc3)c2n1. The van der Waals surface area contributed by atoms with Gasteiger partial charge < -0.3 is 11.1 Å². The van der Waals surface area contributed by atoms with Crippen LogP contribution in [-0.2, 0) is 13.6 Å². The van der Waals surface area contributed by atoms with Crippen LogP contribution in [0, 0.1) is 11.3 Å². The molecule has 13 nitrogen and oxygen atoms in total. The molecule has 218 valence electrons. The van der Waals surface area contributed by atoms with E-state index in [1.165, 1.54) is 11.9 Å². The monoisotopic (exact) mass is 583 g/mol. The van der Waals surface area contributed by atoms with E-state index in [-0.39, 0.29) is 5.82 Å². The molecule has 0 amide bonds. The van der Waals surface area contributed by atoms with Gasteiger partial charge in [0.25, 0.3) is 0 Å². The third-order valence-electron chi connectivity index (χ3n) is 7.82. The first-order chi connectivity index (χ1) is 21.6. The van der Waals surface area contributed by atoms with Crippen molar-refractivity contribution in [3.05, 3.63) is 84.7 Å². The van der Waals surface area contributed by atoms with E-state index in [4.69, 9.17) is 21.0 Å². The smallest absolute Gasteiger partial charge is 0.234 e. The van der Waals surface area contributed by atoms with Crippen LogP contribution in [0.5, 0.6) is 0 Å². The summed E-state index contributed by atoms with van der Waals surface area (Å²) in [6, 6.07) is 20.2. The second kappa shape index (κ2) is 11.5. The lowest BCUT2D eigenvalue weighted by Gasteiger charge is -2.32. The summed E-state index contributed by atoms with van der Waals surface area (Å²) in [4.78, 5) is 29.2. The topological polar surface area (TPSA) is 165 Å². The Morgan fingerprint density at radius 1 is 0.932 bits per heavy atom. The second-order valence-electron chi connectivity index (χ2n) is 10.7. The van der Waals surface area contributed by atoms with Gasteiger partial charge in [0.2, 0.25) is 5.82 Å². The van der Waals surface area contributed by atoms with Gasteiger partial charge in [-0.3, -0.25) is 9.47 Å². The third-order valence-corrected chi connectivity index (χ3v) is 7.82. The zero-order chi connectivity index (χ0) is 30.0. The Hall–Kier alpha value is -5.74. The Balaban J connectivity index is 1.13. The number of piperidine rings is 1. The molecule has 13 heteroatoms. The first-order valence-electron chi connectivity index (χ1n) is 14.3. The average molecular weight is 584 g/mol. The molecule has 0 spiro atoms. The molecule has 44 heavy (non-hydrogen) atoms. The minimum Gasteiger partial charge on any atom is -0.383 e. The van der Waals surface area contributed by atoms with Crippen molar-refractivity contribution in [1.82, 2.24) is 49.2 Å². The number of fused-ring (bicyclic) bond motifs is 1. The number of anilines is 2. The number of nitriles is 1. The van der Waals surface area contributed by atoms with E-state index in [9.17, 15) is 0 Å². The van der Waals surface area contributed by atoms with Crippen LogP contribution in [0.3, 0.4) is 0 Å². The first kappa shape index (κ1) is 27.1. The average Bonchev–Trinajstić information content (AvgIpc) is 3.65. The van der Waals surface area contributed by atoms with E-state index >= 15 is 0 Å². The van der Waals surface area contributed by atoms with Gasteiger partial charge in [-0.25, -0.2) is 34.6 Å². The third kappa shape index (κ3) is 5.30. The molecule has 0 unspecified atom stereocenters. The fourth-order valence-corrected chi connectivity index (χ4v) is 5.59. The lowest BCUT2D eigenvalue weighted by Crippen LogP contribution is -2.38. The molecule has 3 N–H and O–H groups in total. The summed E-state index contributed by atoms with van der Waals surface area (Å²) in [5.74, 6) is 2.61. The maximum absolute atomic E-state index is 9.06. The zero-order valence-electron chi connectivity index (χ0n) is 24.0. The molecule has 1 aromatic carbocycles. The maximum atomic E-state index is 9.06. The minimum absolute atomic E-state index is 0.178. The molecule has 0 bridgehead atoms. The molecular formula is C31H29N13. The van der Waals surface area contributed by atoms with Gasteiger partial charge in [0.1, 0.15) is 35.2 Å². The number of aryl methyl sites for hydroxylation is 1. The molecule has 6 aromatic rings. The van der Waals surface area contributed by atoms with Crippen molar-refractivity contribution in [3.63, 3.8) is 0 Å². The van der Waals surface area contributed by atoms with Crippen molar-refractivity contribution in [1.29, 1.82) is 5.26 Å². The molecule has 5 aromatic heterocycles. The van der Waals surface area contributed by atoms with E-state index in [2.05, 4.69) is 59.5 Å². The van der Waals surface area contributed by atoms with Gasteiger partial charge in [-0.1, -0.05) is 12.1 Å². The Morgan fingerprint density at radius 3 is 2.52 bits per heavy atom. The molecule has 0 aliphatic carbocycles. The largest absolute Gasteiger partial charge is 0.383 e. The van der Waals surface area contributed by atoms with E-state index < -0.39 is 0 Å². The van der Waals surface area contributed by atoms with Gasteiger partial charge in [-0.05, 0) is 60.9 Å². The van der Waals surface area contributed by atoms with Crippen LogP contribution < -0.4 is 11.1 Å². The molecule has 0 saturated carbocycles. The second-order valence-corrected chi connectivity index (χ2v) is 10.7. The van der Waals surface area contributed by atoms with Crippen LogP contribution in [0.25, 0.3) is 39.8 Å². The van der Waals surface area contributed by atoms with Crippen molar-refractivity contribution in [2.45, 2.75) is 25.4 Å². The van der Waals surface area contributed by atoms with Gasteiger partial charge in [0.05, 0.1) is 5.56 Å². The predicted octanol–water partition coefficient (Wildman–Crippen LogP) is 3.60. The predicted molar refractivity (Wildman–Crippen MR) is 165 cm³/mol. The molecular weight excluding hydrogens is 554 g/mol. The van der Waals surface area contributed by atoms with Crippen molar-refractivity contribution < 1.29 is 0 Å². The number of nitrogens with zero attached hydrogens (tertiary/aromatic N) is 11. The number of rotatable bonds is 7. The van der Waals surface area contributed by atoms with Crippen molar-refractivity contribution in [3.8, 4) is 34.7 Å². The number of likely N-dealkylation sites (tertiary alicyclic amines) is 1. The highest BCUT2D eigenvalue weighted by Crippen LogP contribution is 2.31. The lowest BCUT2D eigenvalue weighted by molar-refractivity contribution is 0.211. The molecule has 7 rings (SSSR count). The van der Waals surface area contributed by atoms with Crippen LogP contribution in [-0.4, -0.2) is 68.3 Å². The normalized spacial score (nSPS) is 14.1. The number of hydrogen-bond donors (Lipinski definition) is 2. The highest BCUT2D eigenvalue weighted by molar-refractivity contribution is 5.84. The highest BCUT2D eigenvalue weighted by Gasteiger charge is 2.21. The van der Waals surface area contributed by atoms with E-state index in [0.29, 0.717) is 40.7 Å². The van der Waals surface area contributed by atoms with Crippen molar-refractivity contribution in [2.75, 3.05) is 24.1 Å². The standard InChI is InChI=1S/C31H29N13/c1-42-30(36-19-37-42)24-8-9-25-31(40-24)44(29(39-25)23-3-2-13-35-28(23)33)22-6-4-20(5-7-22)18-43-15-11-21(12-16-43)38-26-10-14-34-27(17-32)41-26/h2-10,13-14,19,21H,11-12,15-16,18H2,1H3,(H2,33,35)(H,34,38,41). The molecule has 0 atom stereocenters. The van der Waals surface area contributed by atoms with Gasteiger partial charge in [0, 0.05) is 50.8 Å². The molecule has 6 heterocycles. The Labute approximate surface area is 253 Å². The summed E-state index contributed by atoms with van der Waals surface area (Å²) in [7, 11) is 1.84. The number of pyridine rings is 2. The van der Waals surface area contributed by atoms with Gasteiger partial charge in [-0.2, -0.15) is 10.4 Å². The Bertz CT molecular complexity index is 1980. The summed E-state index contributed by atoms with van der Waals surface area (Å²) in [6.45, 7) is 2.77. The minimum atomic E-state index is 0.178. The van der Waals surface area contributed by atoms with E-state index in [0.717, 1.165) is 49.2 Å². The quantitative estimate of drug-likeness (QED) is 0.282. The first-order valence-corrected chi connectivity index (χ1v) is 14.3. The van der Waals surface area contributed by atoms with Crippen molar-refractivity contribution >= 4 is 22.8 Å². The highest BCUT2D eigenvalue weighted by atomic mass is 15.3. The number of nitrogen functional groups attached to an aromatic ring is 1. The molecule has 1 fully saturated rings. The molecule has 0 radical (unpaired) electrons. The summed E-state index contributed by atoms with van der Waals surface area (Å²) < 4.78 is 3.72. The molecule has 1 aliphatic rings. The molecule has 1 aliphatic heterocycles. The Morgan fingerprint density at radius 2 is 1.77 bits per heavy atom. The van der Waals surface area contributed by atoms with E-state index in [1.807, 2.05) is 41.9 Å². The lowest BCUT2D eigenvalue weighted by atomic mass is 10.0. The van der Waals surface area contributed by atoms with Crippen molar-refractivity contribution in [2.24, 2.45) is 7.05 Å². The van der Waals surface area contributed by atoms with E-state index in [1.54, 1.807) is 23.1 Å². The summed E-state index contributed by atoms with van der Waals surface area (Å²) in [5.41, 5.74) is 11.3. The van der Waals surface area contributed by atoms with Crippen LogP contribution >= 0.6 is 0 Å². The van der Waals surface area contributed by atoms with Crippen LogP contribution in [0.15, 0.2) is 73.3 Å². The fourth-order valence-electron chi connectivity index (χ4n) is 5.59. The molecule has 1 saturated heterocycles. The Kier molecular flexibility index (Phi) is 7.09. The van der Waals surface area contributed by atoms with Crippen LogP contribution in [0.1, 0.15) is 24.2 Å². The van der Waals surface area contributed by atoms with Gasteiger partial charge >= 0.3 is 0 Å². The zero-order valence-corrected chi connectivity index (χ0v) is 24.0. The summed E-state index contributed by atoms with van der Waals surface area (Å²) >= 11 is 0. The van der Waals surface area contributed by atoms with Gasteiger partial charge in [0.15, 0.2) is 17.3 Å². The van der Waals surface area contributed by atoms with Crippen LogP contribution in [0.4, 0.5) is 11.6 Å². The van der Waals surface area contributed by atoms with Crippen LogP contribution in [0.2, 0.25) is 0 Å². The number of hydrogen-bond acceptors (Lipinski definition) is 11. The fraction of sp³-hybridized carbons (Fsp3) is 0.226. The maximum Gasteiger partial charge on any atom is 0.234 e. The van der Waals surface area contributed by atoms with Gasteiger partial charge in [-0.15, -0.1) is 0 Å². The number of nitrogens with two attached hydrogens (primary N) is 1.